The largest absolute Gasteiger partial charge is 0.482 e. The van der Waals surface area contributed by atoms with E-state index in [9.17, 15) is 13.2 Å². The van der Waals surface area contributed by atoms with Crippen LogP contribution in [0.1, 0.15) is 5.76 Å². The molecule has 0 spiro atoms. The van der Waals surface area contributed by atoms with Gasteiger partial charge in [0.1, 0.15) is 11.5 Å². The van der Waals surface area contributed by atoms with Gasteiger partial charge in [-0.1, -0.05) is 12.1 Å². The zero-order valence-electron chi connectivity index (χ0n) is 10.2. The zero-order chi connectivity index (χ0) is 14.6. The average Bonchev–Trinajstić information content (AvgIpc) is 2.80. The molecule has 108 valence electrons. The number of nitrogens with one attached hydrogen (secondary N) is 1. The Morgan fingerprint density at radius 1 is 1.15 bits per heavy atom. The van der Waals surface area contributed by atoms with Gasteiger partial charge in [0.25, 0.3) is 0 Å². The van der Waals surface area contributed by atoms with Crippen molar-refractivity contribution in [3.8, 4) is 5.75 Å². The van der Waals surface area contributed by atoms with Crippen molar-refractivity contribution in [3.05, 3.63) is 45.9 Å². The molecule has 0 radical (unpaired) electrons. The topological polar surface area (TPSA) is 34.4 Å². The molecule has 3 nitrogen and oxygen atoms in total. The first-order valence-corrected chi connectivity index (χ1v) is 6.78. The highest BCUT2D eigenvalue weighted by Gasteiger charge is 2.28. The molecule has 2 aromatic rings. The first kappa shape index (κ1) is 15.0. The summed E-state index contributed by atoms with van der Waals surface area (Å²) in [6.45, 7) is -0.945. The van der Waals surface area contributed by atoms with E-state index in [0.717, 1.165) is 3.77 Å². The van der Waals surface area contributed by atoms with Crippen molar-refractivity contribution in [3.63, 3.8) is 0 Å². The van der Waals surface area contributed by atoms with Crippen molar-refractivity contribution >= 4 is 28.3 Å². The molecule has 0 saturated heterocycles. The molecule has 20 heavy (non-hydrogen) atoms. The predicted octanol–water partition coefficient (Wildman–Crippen LogP) is 4.44. The Hall–Kier alpha value is -1.38. The van der Waals surface area contributed by atoms with Gasteiger partial charge in [-0.2, -0.15) is 13.2 Å². The maximum absolute atomic E-state index is 12.2. The molecule has 0 atom stereocenters. The summed E-state index contributed by atoms with van der Waals surface area (Å²) < 4.78 is 47.4. The van der Waals surface area contributed by atoms with Crippen molar-refractivity contribution in [2.45, 2.75) is 12.7 Å². The normalized spacial score (nSPS) is 11.4. The first-order valence-electron chi connectivity index (χ1n) is 5.71. The molecule has 0 aliphatic heterocycles. The maximum atomic E-state index is 12.2. The van der Waals surface area contributed by atoms with E-state index < -0.39 is 12.8 Å². The number of ether oxygens (including phenoxy) is 1. The molecule has 1 heterocycles. The van der Waals surface area contributed by atoms with Gasteiger partial charge in [-0.3, -0.25) is 0 Å². The van der Waals surface area contributed by atoms with Gasteiger partial charge in [0, 0.05) is 0 Å². The molecule has 0 aliphatic rings. The van der Waals surface area contributed by atoms with Crippen LogP contribution in [0, 0.1) is 3.77 Å². The van der Waals surface area contributed by atoms with Crippen LogP contribution in [0.15, 0.2) is 40.8 Å². The highest BCUT2D eigenvalue weighted by Crippen LogP contribution is 2.26. The lowest BCUT2D eigenvalue weighted by atomic mass is 10.3. The number of rotatable bonds is 5. The summed E-state index contributed by atoms with van der Waals surface area (Å²) in [7, 11) is 0. The Balaban J connectivity index is 2.00. The highest BCUT2D eigenvalue weighted by molar-refractivity contribution is 14.1. The number of halogens is 4. The average molecular weight is 397 g/mol. The second-order valence-electron chi connectivity index (χ2n) is 3.96. The number of benzene rings is 1. The first-order chi connectivity index (χ1) is 9.44. The molecule has 2 rings (SSSR count). The summed E-state index contributed by atoms with van der Waals surface area (Å²) in [6, 6.07) is 10.1. The van der Waals surface area contributed by atoms with E-state index in [0.29, 0.717) is 18.0 Å². The van der Waals surface area contributed by atoms with Crippen LogP contribution in [0.3, 0.4) is 0 Å². The van der Waals surface area contributed by atoms with E-state index in [1.165, 1.54) is 6.07 Å². The molecular weight excluding hydrogens is 386 g/mol. The van der Waals surface area contributed by atoms with Gasteiger partial charge >= 0.3 is 6.18 Å². The number of hydrogen-bond acceptors (Lipinski definition) is 3. The quantitative estimate of drug-likeness (QED) is 0.758. The van der Waals surface area contributed by atoms with Gasteiger partial charge in [0.15, 0.2) is 10.4 Å². The second-order valence-corrected chi connectivity index (χ2v) is 5.02. The second kappa shape index (κ2) is 6.38. The molecule has 0 aliphatic carbocycles. The van der Waals surface area contributed by atoms with E-state index in [-0.39, 0.29) is 5.75 Å². The van der Waals surface area contributed by atoms with Gasteiger partial charge in [-0.05, 0) is 46.9 Å². The molecule has 0 saturated carbocycles. The molecule has 0 bridgehead atoms. The fourth-order valence-corrected chi connectivity index (χ4v) is 1.99. The van der Waals surface area contributed by atoms with Crippen LogP contribution < -0.4 is 10.1 Å². The lowest BCUT2D eigenvalue weighted by Gasteiger charge is -2.13. The monoisotopic (exact) mass is 397 g/mol. The van der Waals surface area contributed by atoms with Crippen molar-refractivity contribution in [1.29, 1.82) is 0 Å². The molecule has 1 N–H and O–H groups in total. The van der Waals surface area contributed by atoms with Gasteiger partial charge in [-0.15, -0.1) is 0 Å². The predicted molar refractivity (Wildman–Crippen MR) is 76.7 cm³/mol. The summed E-state index contributed by atoms with van der Waals surface area (Å²) in [4.78, 5) is 0. The van der Waals surface area contributed by atoms with Crippen LogP contribution in [-0.2, 0) is 6.54 Å². The summed E-state index contributed by atoms with van der Waals surface area (Å²) in [6.07, 6.45) is -4.36. The lowest BCUT2D eigenvalue weighted by molar-refractivity contribution is -0.153. The number of alkyl halides is 3. The number of furan rings is 1. The summed E-state index contributed by atoms with van der Waals surface area (Å²) in [5.74, 6) is 0.853. The Morgan fingerprint density at radius 3 is 2.55 bits per heavy atom. The van der Waals surface area contributed by atoms with Crippen LogP contribution in [0.25, 0.3) is 0 Å². The maximum Gasteiger partial charge on any atom is 0.422 e. The number of para-hydroxylation sites is 2. The molecule has 0 fully saturated rings. The molecule has 0 unspecified atom stereocenters. The molecule has 1 aromatic carbocycles. The van der Waals surface area contributed by atoms with Gasteiger partial charge in [0.05, 0.1) is 12.2 Å². The Morgan fingerprint density at radius 2 is 1.90 bits per heavy atom. The zero-order valence-corrected chi connectivity index (χ0v) is 12.4. The molecule has 1 aromatic heterocycles. The van der Waals surface area contributed by atoms with E-state index in [1.54, 1.807) is 24.3 Å². The summed E-state index contributed by atoms with van der Waals surface area (Å²) in [5.41, 5.74) is 0.489. The minimum absolute atomic E-state index is 0.158. The minimum atomic E-state index is -4.36. The Kier molecular flexibility index (Phi) is 4.79. The van der Waals surface area contributed by atoms with E-state index >= 15 is 0 Å². The number of anilines is 1. The van der Waals surface area contributed by atoms with Crippen molar-refractivity contribution in [2.75, 3.05) is 11.9 Å². The van der Waals surface area contributed by atoms with Crippen LogP contribution in [0.5, 0.6) is 5.75 Å². The van der Waals surface area contributed by atoms with E-state index in [2.05, 4.69) is 5.32 Å². The third-order valence-electron chi connectivity index (χ3n) is 2.36. The van der Waals surface area contributed by atoms with Crippen LogP contribution in [0.4, 0.5) is 18.9 Å². The SMILES string of the molecule is FC(F)(F)COc1ccccc1NCc1ccc(I)o1. The van der Waals surface area contributed by atoms with Crippen LogP contribution in [0.2, 0.25) is 0 Å². The van der Waals surface area contributed by atoms with Crippen molar-refractivity contribution in [1.82, 2.24) is 0 Å². The third kappa shape index (κ3) is 4.62. The summed E-state index contributed by atoms with van der Waals surface area (Å²) >= 11 is 2.04. The van der Waals surface area contributed by atoms with Gasteiger partial charge in [-0.25, -0.2) is 0 Å². The fraction of sp³-hybridized carbons (Fsp3) is 0.231. The van der Waals surface area contributed by atoms with Crippen molar-refractivity contribution < 1.29 is 22.3 Å². The lowest BCUT2D eigenvalue weighted by Crippen LogP contribution is -2.19. The molecule has 7 heteroatoms. The van der Waals surface area contributed by atoms with Crippen LogP contribution in [-0.4, -0.2) is 12.8 Å². The fourth-order valence-electron chi connectivity index (χ4n) is 1.53. The Labute approximate surface area is 127 Å². The van der Waals surface area contributed by atoms with Gasteiger partial charge in [0.2, 0.25) is 0 Å². The molecular formula is C13H11F3INO2. The smallest absolute Gasteiger partial charge is 0.422 e. The van der Waals surface area contributed by atoms with Gasteiger partial charge < -0.3 is 14.5 Å². The third-order valence-corrected chi connectivity index (χ3v) is 2.94. The Bertz CT molecular complexity index is 569. The number of hydrogen-bond donors (Lipinski definition) is 1. The summed E-state index contributed by atoms with van der Waals surface area (Å²) in [5, 5.41) is 2.99. The van der Waals surface area contributed by atoms with E-state index in [1.807, 2.05) is 28.7 Å². The van der Waals surface area contributed by atoms with Crippen LogP contribution >= 0.6 is 22.6 Å². The molecule has 0 amide bonds. The standard InChI is InChI=1S/C13H11F3INO2/c14-13(15,16)8-19-11-4-2-1-3-10(11)18-7-9-5-6-12(17)20-9/h1-6,18H,7-8H2. The highest BCUT2D eigenvalue weighted by atomic mass is 127. The van der Waals surface area contributed by atoms with E-state index in [4.69, 9.17) is 9.15 Å². The minimum Gasteiger partial charge on any atom is -0.482 e. The van der Waals surface area contributed by atoms with Crippen molar-refractivity contribution in [2.24, 2.45) is 0 Å².